The molecule has 176 valence electrons. The molecule has 0 saturated carbocycles. The number of ether oxygens (including phenoxy) is 1. The summed E-state index contributed by atoms with van der Waals surface area (Å²) in [5.74, 6) is 0.282. The van der Waals surface area contributed by atoms with Crippen molar-refractivity contribution < 1.29 is 26.7 Å². The SMILES string of the molecule is FC(F)Cn1ncc2ncc(N3CCN4CC(Oc5cccnc5C(F)(F)F)CC4C3)nc21. The Kier molecular flexibility index (Phi) is 5.51. The molecule has 2 aliphatic heterocycles. The van der Waals surface area contributed by atoms with Crippen molar-refractivity contribution in [2.75, 3.05) is 31.1 Å². The van der Waals surface area contributed by atoms with Crippen molar-refractivity contribution in [1.29, 1.82) is 0 Å². The molecule has 13 heteroatoms. The summed E-state index contributed by atoms with van der Waals surface area (Å²) in [6, 6.07) is 2.76. The third-order valence-corrected chi connectivity index (χ3v) is 5.88. The standard InChI is InChI=1S/C20H20F5N7O/c21-16(22)11-32-19-14(7-28-32)27-8-17(29-19)31-5-4-30-10-13(6-12(30)9-31)33-15-2-1-3-26-18(15)20(23,24)25/h1-3,7-8,12-13,16H,4-6,9-11H2. The van der Waals surface area contributed by atoms with E-state index in [1.54, 1.807) is 6.20 Å². The van der Waals surface area contributed by atoms with Gasteiger partial charge in [-0.3, -0.25) is 4.90 Å². The summed E-state index contributed by atoms with van der Waals surface area (Å²) in [6.07, 6.45) is -2.93. The molecule has 2 aliphatic rings. The van der Waals surface area contributed by atoms with Gasteiger partial charge in [0.05, 0.1) is 12.4 Å². The van der Waals surface area contributed by atoms with E-state index >= 15 is 0 Å². The van der Waals surface area contributed by atoms with Crippen LogP contribution in [-0.4, -0.2) is 74.4 Å². The number of aromatic nitrogens is 5. The van der Waals surface area contributed by atoms with Crippen LogP contribution in [0.15, 0.2) is 30.7 Å². The van der Waals surface area contributed by atoms with Crippen LogP contribution in [-0.2, 0) is 12.7 Å². The van der Waals surface area contributed by atoms with Gasteiger partial charge in [-0.05, 0) is 12.1 Å². The predicted molar refractivity (Wildman–Crippen MR) is 107 cm³/mol. The summed E-state index contributed by atoms with van der Waals surface area (Å²) < 4.78 is 72.1. The van der Waals surface area contributed by atoms with Crippen molar-refractivity contribution in [3.8, 4) is 5.75 Å². The number of fused-ring (bicyclic) bond motifs is 2. The highest BCUT2D eigenvalue weighted by Gasteiger charge is 2.40. The lowest BCUT2D eigenvalue weighted by Crippen LogP contribution is -2.50. The monoisotopic (exact) mass is 469 g/mol. The van der Waals surface area contributed by atoms with Crippen molar-refractivity contribution in [1.82, 2.24) is 29.6 Å². The molecular formula is C20H20F5N7O. The van der Waals surface area contributed by atoms with E-state index in [2.05, 4.69) is 25.0 Å². The van der Waals surface area contributed by atoms with Gasteiger partial charge in [0.2, 0.25) is 0 Å². The Morgan fingerprint density at radius 1 is 1.12 bits per heavy atom. The number of hydrogen-bond acceptors (Lipinski definition) is 7. The molecule has 2 unspecified atom stereocenters. The maximum absolute atomic E-state index is 13.2. The zero-order chi connectivity index (χ0) is 23.2. The van der Waals surface area contributed by atoms with Gasteiger partial charge in [-0.1, -0.05) is 0 Å². The van der Waals surface area contributed by atoms with Gasteiger partial charge in [-0.15, -0.1) is 0 Å². The zero-order valence-corrected chi connectivity index (χ0v) is 17.3. The van der Waals surface area contributed by atoms with E-state index in [0.29, 0.717) is 49.6 Å². The molecule has 0 bridgehead atoms. The van der Waals surface area contributed by atoms with Crippen molar-refractivity contribution in [2.45, 2.75) is 37.7 Å². The largest absolute Gasteiger partial charge is 0.487 e. The molecule has 5 heterocycles. The number of nitrogens with zero attached hydrogens (tertiary/aromatic N) is 7. The van der Waals surface area contributed by atoms with E-state index in [1.807, 2.05) is 4.90 Å². The molecule has 33 heavy (non-hydrogen) atoms. The Morgan fingerprint density at radius 2 is 1.97 bits per heavy atom. The lowest BCUT2D eigenvalue weighted by molar-refractivity contribution is -0.142. The first-order valence-corrected chi connectivity index (χ1v) is 10.4. The fourth-order valence-electron chi connectivity index (χ4n) is 4.42. The third kappa shape index (κ3) is 4.41. The third-order valence-electron chi connectivity index (χ3n) is 5.88. The van der Waals surface area contributed by atoms with E-state index in [-0.39, 0.29) is 11.8 Å². The molecule has 0 amide bonds. The molecule has 0 spiro atoms. The molecule has 3 aromatic heterocycles. The van der Waals surface area contributed by atoms with Gasteiger partial charge in [0, 0.05) is 44.8 Å². The molecule has 0 N–H and O–H groups in total. The number of hydrogen-bond donors (Lipinski definition) is 0. The lowest BCUT2D eigenvalue weighted by atomic mass is 10.1. The second kappa shape index (κ2) is 8.36. The van der Waals surface area contributed by atoms with Gasteiger partial charge in [-0.2, -0.15) is 18.3 Å². The first-order valence-electron chi connectivity index (χ1n) is 10.4. The highest BCUT2D eigenvalue weighted by Crippen LogP contribution is 2.36. The molecule has 0 radical (unpaired) electrons. The molecule has 8 nitrogen and oxygen atoms in total. The quantitative estimate of drug-likeness (QED) is 0.532. The Labute approximate surface area is 185 Å². The Hall–Kier alpha value is -3.09. The van der Waals surface area contributed by atoms with Crippen LogP contribution in [0.5, 0.6) is 5.75 Å². The minimum Gasteiger partial charge on any atom is -0.487 e. The average Bonchev–Trinajstić information content (AvgIpc) is 3.35. The molecule has 2 saturated heterocycles. The van der Waals surface area contributed by atoms with Crippen LogP contribution < -0.4 is 9.64 Å². The van der Waals surface area contributed by atoms with E-state index < -0.39 is 30.9 Å². The van der Waals surface area contributed by atoms with Crippen LogP contribution in [0, 0.1) is 0 Å². The van der Waals surface area contributed by atoms with Crippen LogP contribution in [0.4, 0.5) is 27.8 Å². The van der Waals surface area contributed by atoms with Crippen LogP contribution in [0.25, 0.3) is 11.2 Å². The lowest BCUT2D eigenvalue weighted by Gasteiger charge is -2.37. The fourth-order valence-corrected chi connectivity index (χ4v) is 4.42. The molecule has 0 aromatic carbocycles. The van der Waals surface area contributed by atoms with Crippen LogP contribution in [0.3, 0.4) is 0 Å². The smallest absolute Gasteiger partial charge is 0.437 e. The minimum atomic E-state index is -4.59. The van der Waals surface area contributed by atoms with Crippen LogP contribution in [0.1, 0.15) is 12.1 Å². The van der Waals surface area contributed by atoms with Crippen molar-refractivity contribution in [3.05, 3.63) is 36.4 Å². The first kappa shape index (κ1) is 21.7. The second-order valence-corrected chi connectivity index (χ2v) is 8.07. The second-order valence-electron chi connectivity index (χ2n) is 8.07. The molecular weight excluding hydrogens is 449 g/mol. The summed E-state index contributed by atoms with van der Waals surface area (Å²) in [4.78, 5) is 16.4. The highest BCUT2D eigenvalue weighted by molar-refractivity contribution is 5.71. The maximum atomic E-state index is 13.2. The Morgan fingerprint density at radius 3 is 2.76 bits per heavy atom. The van der Waals surface area contributed by atoms with Crippen molar-refractivity contribution >= 4 is 17.0 Å². The topological polar surface area (TPSA) is 72.2 Å². The van der Waals surface area contributed by atoms with Gasteiger partial charge >= 0.3 is 6.18 Å². The van der Waals surface area contributed by atoms with E-state index in [0.717, 1.165) is 10.9 Å². The van der Waals surface area contributed by atoms with Gasteiger partial charge in [0.25, 0.3) is 6.43 Å². The van der Waals surface area contributed by atoms with Gasteiger partial charge in [0.15, 0.2) is 17.1 Å². The fraction of sp³-hybridized carbons (Fsp3) is 0.500. The number of rotatable bonds is 5. The molecule has 2 fully saturated rings. The first-order chi connectivity index (χ1) is 15.8. The average molecular weight is 469 g/mol. The Balaban J connectivity index is 1.29. The van der Waals surface area contributed by atoms with Crippen LogP contribution >= 0.6 is 0 Å². The highest BCUT2D eigenvalue weighted by atomic mass is 19.4. The maximum Gasteiger partial charge on any atom is 0.437 e. The Bertz CT molecular complexity index is 1140. The number of pyridine rings is 1. The molecule has 0 aliphatic carbocycles. The van der Waals surface area contributed by atoms with E-state index in [4.69, 9.17) is 4.74 Å². The number of anilines is 1. The zero-order valence-electron chi connectivity index (χ0n) is 17.3. The van der Waals surface area contributed by atoms with Crippen molar-refractivity contribution in [2.24, 2.45) is 0 Å². The normalized spacial score (nSPS) is 21.7. The summed E-state index contributed by atoms with van der Waals surface area (Å²) in [5, 5.41) is 3.93. The van der Waals surface area contributed by atoms with Crippen molar-refractivity contribution in [3.63, 3.8) is 0 Å². The van der Waals surface area contributed by atoms with Crippen LogP contribution in [0.2, 0.25) is 0 Å². The minimum absolute atomic E-state index is 0.0539. The predicted octanol–water partition coefficient (Wildman–Crippen LogP) is 2.85. The summed E-state index contributed by atoms with van der Waals surface area (Å²) in [7, 11) is 0. The molecule has 2 atom stereocenters. The number of piperazine rings is 1. The van der Waals surface area contributed by atoms with Gasteiger partial charge < -0.3 is 9.64 Å². The number of alkyl halides is 5. The van der Waals surface area contributed by atoms with Gasteiger partial charge in [0.1, 0.15) is 24.0 Å². The summed E-state index contributed by atoms with van der Waals surface area (Å²) in [6.45, 7) is 1.80. The van der Waals surface area contributed by atoms with Gasteiger partial charge in [-0.25, -0.2) is 28.4 Å². The molecule has 3 aromatic rings. The number of halogens is 5. The molecule has 5 rings (SSSR count). The van der Waals surface area contributed by atoms with E-state index in [1.165, 1.54) is 18.3 Å². The van der Waals surface area contributed by atoms with E-state index in [9.17, 15) is 22.0 Å². The summed E-state index contributed by atoms with van der Waals surface area (Å²) >= 11 is 0. The summed E-state index contributed by atoms with van der Waals surface area (Å²) in [5.41, 5.74) is -0.302.